The summed E-state index contributed by atoms with van der Waals surface area (Å²) in [6.45, 7) is 3.40. The number of carbonyl (C=O) groups is 2. The number of anilines is 1. The summed E-state index contributed by atoms with van der Waals surface area (Å²) in [4.78, 5) is 39.2. The van der Waals surface area contributed by atoms with Crippen LogP contribution in [-0.4, -0.2) is 22.5 Å². The second-order valence-corrected chi connectivity index (χ2v) is 9.00. The first-order valence-electron chi connectivity index (χ1n) is 10.8. The first-order valence-corrected chi connectivity index (χ1v) is 11.6. The van der Waals surface area contributed by atoms with Crippen molar-refractivity contribution in [2.75, 3.05) is 5.32 Å². The van der Waals surface area contributed by atoms with E-state index in [9.17, 15) is 14.4 Å². The van der Waals surface area contributed by atoms with E-state index in [0.717, 1.165) is 11.1 Å². The summed E-state index contributed by atoms with van der Waals surface area (Å²) in [7, 11) is 1.51. The minimum Gasteiger partial charge on any atom is -0.448 e. The molecule has 1 heterocycles. The molecule has 1 aromatic heterocycles. The maximum absolute atomic E-state index is 13.4. The highest BCUT2D eigenvalue weighted by molar-refractivity contribution is 6.35. The van der Waals surface area contributed by atoms with E-state index in [1.807, 2.05) is 31.2 Å². The number of hydrogen-bond acceptors (Lipinski definition) is 4. The average molecular weight is 509 g/mol. The molecule has 3 aromatic carbocycles. The van der Waals surface area contributed by atoms with Crippen LogP contribution >= 0.6 is 23.2 Å². The van der Waals surface area contributed by atoms with Crippen LogP contribution in [0, 0.1) is 6.92 Å². The van der Waals surface area contributed by atoms with Gasteiger partial charge in [0.2, 0.25) is 0 Å². The van der Waals surface area contributed by atoms with Crippen molar-refractivity contribution in [2.45, 2.75) is 20.0 Å². The smallest absolute Gasteiger partial charge is 0.356 e. The summed E-state index contributed by atoms with van der Waals surface area (Å²) in [6.07, 6.45) is -1.18. The lowest BCUT2D eigenvalue weighted by molar-refractivity contribution is -0.123. The highest BCUT2D eigenvalue weighted by Gasteiger charge is 2.26. The fourth-order valence-corrected chi connectivity index (χ4v) is 4.15. The zero-order chi connectivity index (χ0) is 25.3. The Morgan fingerprint density at radius 1 is 0.971 bits per heavy atom. The number of amides is 1. The normalized spacial score (nSPS) is 11.8. The van der Waals surface area contributed by atoms with Crippen LogP contribution in [0.3, 0.4) is 0 Å². The second-order valence-electron chi connectivity index (χ2n) is 8.16. The van der Waals surface area contributed by atoms with Crippen LogP contribution in [-0.2, 0) is 16.6 Å². The van der Waals surface area contributed by atoms with Gasteiger partial charge in [0.25, 0.3) is 11.5 Å². The number of nitrogens with zero attached hydrogens (tertiary/aromatic N) is 1. The SMILES string of the molecule is Cc1ccc(-c2c(C(=O)OC(C)C(=O)Nc3cc(Cl)ccc3Cl)n(C)c(=O)c3ccccc23)cc1. The molecule has 0 aliphatic heterocycles. The van der Waals surface area contributed by atoms with Crippen LogP contribution in [0.1, 0.15) is 23.0 Å². The number of esters is 1. The number of aromatic nitrogens is 1. The molecule has 0 saturated carbocycles. The molecule has 4 aromatic rings. The molecule has 1 atom stereocenters. The van der Waals surface area contributed by atoms with Crippen molar-refractivity contribution in [3.63, 3.8) is 0 Å². The van der Waals surface area contributed by atoms with Crippen molar-refractivity contribution >= 4 is 51.5 Å². The van der Waals surface area contributed by atoms with Gasteiger partial charge in [0.05, 0.1) is 10.7 Å². The van der Waals surface area contributed by atoms with E-state index in [1.165, 1.54) is 24.6 Å². The molecule has 4 rings (SSSR count). The Labute approximate surface area is 212 Å². The molecule has 0 radical (unpaired) electrons. The maximum Gasteiger partial charge on any atom is 0.356 e. The summed E-state index contributed by atoms with van der Waals surface area (Å²) < 4.78 is 6.79. The first-order chi connectivity index (χ1) is 16.7. The number of aryl methyl sites for hydroxylation is 1. The molecular weight excluding hydrogens is 487 g/mol. The number of hydrogen-bond donors (Lipinski definition) is 1. The van der Waals surface area contributed by atoms with Crippen molar-refractivity contribution in [1.82, 2.24) is 4.57 Å². The van der Waals surface area contributed by atoms with Crippen molar-refractivity contribution in [2.24, 2.45) is 7.05 Å². The van der Waals surface area contributed by atoms with Crippen molar-refractivity contribution in [3.8, 4) is 11.1 Å². The molecule has 0 aliphatic carbocycles. The van der Waals surface area contributed by atoms with E-state index >= 15 is 0 Å². The Bertz CT molecular complexity index is 1510. The third kappa shape index (κ3) is 4.94. The van der Waals surface area contributed by atoms with E-state index in [-0.39, 0.29) is 11.3 Å². The predicted molar refractivity (Wildman–Crippen MR) is 139 cm³/mol. The number of nitrogens with one attached hydrogen (secondary N) is 1. The van der Waals surface area contributed by atoms with E-state index in [0.29, 0.717) is 32.1 Å². The fourth-order valence-electron chi connectivity index (χ4n) is 3.81. The summed E-state index contributed by atoms with van der Waals surface area (Å²) in [6, 6.07) is 19.3. The van der Waals surface area contributed by atoms with Crippen LogP contribution in [0.2, 0.25) is 10.0 Å². The molecule has 0 aliphatic rings. The van der Waals surface area contributed by atoms with E-state index in [1.54, 1.807) is 36.4 Å². The van der Waals surface area contributed by atoms with E-state index in [2.05, 4.69) is 5.32 Å². The van der Waals surface area contributed by atoms with Crippen molar-refractivity contribution < 1.29 is 14.3 Å². The minimum atomic E-state index is -1.18. The molecule has 0 spiro atoms. The molecule has 0 bridgehead atoms. The Balaban J connectivity index is 1.74. The van der Waals surface area contributed by atoms with Gasteiger partial charge in [-0.05, 0) is 49.1 Å². The van der Waals surface area contributed by atoms with Crippen LogP contribution < -0.4 is 10.9 Å². The molecule has 1 amide bonds. The van der Waals surface area contributed by atoms with Gasteiger partial charge in [-0.3, -0.25) is 9.59 Å². The molecule has 178 valence electrons. The molecule has 0 saturated heterocycles. The largest absolute Gasteiger partial charge is 0.448 e. The lowest BCUT2D eigenvalue weighted by Crippen LogP contribution is -2.33. The third-order valence-corrected chi connectivity index (χ3v) is 6.24. The van der Waals surface area contributed by atoms with Gasteiger partial charge >= 0.3 is 5.97 Å². The molecular formula is C27H22Cl2N2O4. The molecule has 1 unspecified atom stereocenters. The second kappa shape index (κ2) is 9.94. The van der Waals surface area contributed by atoms with Gasteiger partial charge in [-0.15, -0.1) is 0 Å². The fraction of sp³-hybridized carbons (Fsp3) is 0.148. The van der Waals surface area contributed by atoms with Crippen LogP contribution in [0.5, 0.6) is 0 Å². The summed E-state index contributed by atoms with van der Waals surface area (Å²) in [5.41, 5.74) is 2.36. The van der Waals surface area contributed by atoms with Crippen molar-refractivity contribution in [3.05, 3.63) is 98.4 Å². The lowest BCUT2D eigenvalue weighted by atomic mass is 9.96. The monoisotopic (exact) mass is 508 g/mol. The number of fused-ring (bicyclic) bond motifs is 1. The van der Waals surface area contributed by atoms with Crippen molar-refractivity contribution in [1.29, 1.82) is 0 Å². The quantitative estimate of drug-likeness (QED) is 0.335. The van der Waals surface area contributed by atoms with Gasteiger partial charge < -0.3 is 14.6 Å². The summed E-state index contributed by atoms with van der Waals surface area (Å²) in [5.74, 6) is -1.39. The Morgan fingerprint density at radius 3 is 2.31 bits per heavy atom. The third-order valence-electron chi connectivity index (χ3n) is 5.68. The average Bonchev–Trinajstić information content (AvgIpc) is 2.84. The summed E-state index contributed by atoms with van der Waals surface area (Å²) >= 11 is 12.1. The Kier molecular flexibility index (Phi) is 6.96. The Hall–Kier alpha value is -3.61. The van der Waals surface area contributed by atoms with E-state index < -0.39 is 18.0 Å². The number of halogens is 2. The Morgan fingerprint density at radius 2 is 1.63 bits per heavy atom. The maximum atomic E-state index is 13.4. The molecule has 0 fully saturated rings. The van der Waals surface area contributed by atoms with Gasteiger partial charge in [-0.2, -0.15) is 0 Å². The van der Waals surface area contributed by atoms with Crippen LogP contribution in [0.15, 0.2) is 71.5 Å². The van der Waals surface area contributed by atoms with E-state index in [4.69, 9.17) is 27.9 Å². The molecule has 35 heavy (non-hydrogen) atoms. The van der Waals surface area contributed by atoms with Crippen LogP contribution in [0.25, 0.3) is 21.9 Å². The topological polar surface area (TPSA) is 77.4 Å². The molecule has 6 nitrogen and oxygen atoms in total. The standard InChI is InChI=1S/C27H22Cl2N2O4/c1-15-8-10-17(11-9-15)23-19-6-4-5-7-20(19)26(33)31(3)24(23)27(34)35-16(2)25(32)30-22-14-18(28)12-13-21(22)29/h4-14,16H,1-3H3,(H,30,32). The number of benzene rings is 3. The van der Waals surface area contributed by atoms with Gasteiger partial charge in [-0.1, -0.05) is 71.2 Å². The minimum absolute atomic E-state index is 0.0537. The number of ether oxygens (including phenoxy) is 1. The zero-order valence-electron chi connectivity index (χ0n) is 19.3. The first kappa shape index (κ1) is 24.5. The number of carbonyl (C=O) groups excluding carboxylic acids is 2. The lowest BCUT2D eigenvalue weighted by Gasteiger charge is -2.19. The molecule has 8 heteroatoms. The van der Waals surface area contributed by atoms with Gasteiger partial charge in [0.15, 0.2) is 6.10 Å². The van der Waals surface area contributed by atoms with Gasteiger partial charge in [0.1, 0.15) is 5.69 Å². The molecule has 1 N–H and O–H groups in total. The number of rotatable bonds is 5. The zero-order valence-corrected chi connectivity index (χ0v) is 20.8. The van der Waals surface area contributed by atoms with Crippen LogP contribution in [0.4, 0.5) is 5.69 Å². The number of pyridine rings is 1. The van der Waals surface area contributed by atoms with Gasteiger partial charge in [-0.25, -0.2) is 4.79 Å². The predicted octanol–water partition coefficient (Wildman–Crippen LogP) is 6.00. The van der Waals surface area contributed by atoms with Gasteiger partial charge in [0, 0.05) is 23.0 Å². The highest BCUT2D eigenvalue weighted by atomic mass is 35.5. The summed E-state index contributed by atoms with van der Waals surface area (Å²) in [5, 5.41) is 4.39. The highest BCUT2D eigenvalue weighted by Crippen LogP contribution is 2.31.